The highest BCUT2D eigenvalue weighted by Gasteiger charge is 2.19. The van der Waals surface area contributed by atoms with Crippen molar-refractivity contribution in [2.45, 2.75) is 0 Å². The van der Waals surface area contributed by atoms with Gasteiger partial charge in [-0.15, -0.1) is 0 Å². The van der Waals surface area contributed by atoms with E-state index in [4.69, 9.17) is 19.0 Å². The Kier molecular flexibility index (Phi) is 6.42. The van der Waals surface area contributed by atoms with Crippen molar-refractivity contribution in [3.63, 3.8) is 0 Å². The van der Waals surface area contributed by atoms with Gasteiger partial charge in [0.05, 0.1) is 32.6 Å². The van der Waals surface area contributed by atoms with Crippen LogP contribution in [0.1, 0.15) is 21.6 Å². The molecule has 0 bridgehead atoms. The second-order valence-corrected chi connectivity index (χ2v) is 5.81. The zero-order chi connectivity index (χ0) is 20.6. The number of pyridine rings is 1. The molecule has 1 heterocycles. The molecule has 1 aromatic heterocycles. The Labute approximate surface area is 168 Å². The number of oxime groups is 1. The first kappa shape index (κ1) is 19.9. The van der Waals surface area contributed by atoms with Gasteiger partial charge in [0, 0.05) is 11.8 Å². The average molecular weight is 392 g/mol. The minimum absolute atomic E-state index is 0.205. The lowest BCUT2D eigenvalue weighted by Crippen LogP contribution is -2.09. The number of ether oxygens (including phenoxy) is 3. The highest BCUT2D eigenvalue weighted by molar-refractivity contribution is 6.11. The molecule has 0 aliphatic rings. The molecule has 0 spiro atoms. The van der Waals surface area contributed by atoms with Gasteiger partial charge in [-0.2, -0.15) is 0 Å². The van der Waals surface area contributed by atoms with E-state index in [-0.39, 0.29) is 5.56 Å². The summed E-state index contributed by atoms with van der Waals surface area (Å²) in [6, 6.07) is 17.8. The Balaban J connectivity index is 1.95. The third-order valence-corrected chi connectivity index (χ3v) is 4.08. The Hall–Kier alpha value is -3.87. The van der Waals surface area contributed by atoms with Crippen molar-refractivity contribution in [3.8, 4) is 17.2 Å². The third-order valence-electron chi connectivity index (χ3n) is 4.08. The van der Waals surface area contributed by atoms with Crippen LogP contribution in [0.4, 0.5) is 0 Å². The molecule has 7 heteroatoms. The number of nitrogens with zero attached hydrogens (tertiary/aromatic N) is 2. The molecule has 2 aromatic carbocycles. The van der Waals surface area contributed by atoms with E-state index in [1.165, 1.54) is 33.5 Å². The first-order valence-electron chi connectivity index (χ1n) is 8.74. The standard InChI is InChI=1S/C22H20N2O5/c1-26-18-13-16(14-19(27-2)21(18)28-3)22(25)29-24-20(15-9-5-4-6-10-15)17-11-7-8-12-23-17/h4-14H,1-3H3/b24-20+. The Morgan fingerprint density at radius 2 is 1.48 bits per heavy atom. The fraction of sp³-hybridized carbons (Fsp3) is 0.136. The fourth-order valence-corrected chi connectivity index (χ4v) is 2.68. The highest BCUT2D eigenvalue weighted by Crippen LogP contribution is 2.38. The summed E-state index contributed by atoms with van der Waals surface area (Å²) in [4.78, 5) is 22.2. The molecule has 0 atom stereocenters. The Bertz CT molecular complexity index is 938. The van der Waals surface area contributed by atoms with Crippen LogP contribution in [0.15, 0.2) is 72.0 Å². The van der Waals surface area contributed by atoms with Crippen LogP contribution in [0.2, 0.25) is 0 Å². The summed E-state index contributed by atoms with van der Waals surface area (Å²) in [6.45, 7) is 0. The second-order valence-electron chi connectivity index (χ2n) is 5.81. The molecule has 0 amide bonds. The second kappa shape index (κ2) is 9.36. The predicted octanol–water partition coefficient (Wildman–Crippen LogP) is 3.72. The summed E-state index contributed by atoms with van der Waals surface area (Å²) >= 11 is 0. The van der Waals surface area contributed by atoms with E-state index in [0.717, 1.165) is 5.56 Å². The molecule has 0 radical (unpaired) electrons. The van der Waals surface area contributed by atoms with Gasteiger partial charge < -0.3 is 19.0 Å². The lowest BCUT2D eigenvalue weighted by atomic mass is 10.1. The van der Waals surface area contributed by atoms with E-state index >= 15 is 0 Å². The molecule has 0 aliphatic heterocycles. The lowest BCUT2D eigenvalue weighted by molar-refractivity contribution is 0.0516. The van der Waals surface area contributed by atoms with Crippen molar-refractivity contribution in [2.24, 2.45) is 5.16 Å². The van der Waals surface area contributed by atoms with Crippen molar-refractivity contribution in [1.82, 2.24) is 4.98 Å². The zero-order valence-electron chi connectivity index (χ0n) is 16.3. The first-order valence-corrected chi connectivity index (χ1v) is 8.74. The van der Waals surface area contributed by atoms with Crippen molar-refractivity contribution in [3.05, 3.63) is 83.7 Å². The van der Waals surface area contributed by atoms with Crippen LogP contribution in [0, 0.1) is 0 Å². The molecular weight excluding hydrogens is 372 g/mol. The van der Waals surface area contributed by atoms with E-state index < -0.39 is 5.97 Å². The van der Waals surface area contributed by atoms with Gasteiger partial charge in [0.2, 0.25) is 5.75 Å². The minimum Gasteiger partial charge on any atom is -0.493 e. The molecule has 0 saturated heterocycles. The molecule has 0 N–H and O–H groups in total. The normalized spacial score (nSPS) is 10.9. The summed E-state index contributed by atoms with van der Waals surface area (Å²) in [5.74, 6) is 0.397. The molecule has 0 aliphatic carbocycles. The molecule has 29 heavy (non-hydrogen) atoms. The molecular formula is C22H20N2O5. The summed E-state index contributed by atoms with van der Waals surface area (Å²) < 4.78 is 15.8. The van der Waals surface area contributed by atoms with E-state index in [1.54, 1.807) is 18.3 Å². The van der Waals surface area contributed by atoms with Crippen LogP contribution in [0.25, 0.3) is 0 Å². The number of hydrogen-bond donors (Lipinski definition) is 0. The van der Waals surface area contributed by atoms with Crippen LogP contribution >= 0.6 is 0 Å². The summed E-state index contributed by atoms with van der Waals surface area (Å²) in [5, 5.41) is 4.09. The predicted molar refractivity (Wildman–Crippen MR) is 108 cm³/mol. The molecule has 7 nitrogen and oxygen atoms in total. The average Bonchev–Trinajstić information content (AvgIpc) is 2.79. The number of aromatic nitrogens is 1. The van der Waals surface area contributed by atoms with Crippen LogP contribution in [-0.2, 0) is 4.84 Å². The number of hydrogen-bond acceptors (Lipinski definition) is 7. The highest BCUT2D eigenvalue weighted by atomic mass is 16.7. The van der Waals surface area contributed by atoms with Gasteiger partial charge in [0.15, 0.2) is 11.5 Å². The maximum absolute atomic E-state index is 12.6. The smallest absolute Gasteiger partial charge is 0.366 e. The van der Waals surface area contributed by atoms with Gasteiger partial charge in [-0.3, -0.25) is 4.98 Å². The maximum Gasteiger partial charge on any atom is 0.366 e. The lowest BCUT2D eigenvalue weighted by Gasteiger charge is -2.13. The Morgan fingerprint density at radius 3 is 2.03 bits per heavy atom. The van der Waals surface area contributed by atoms with Crippen LogP contribution in [-0.4, -0.2) is 38.0 Å². The van der Waals surface area contributed by atoms with Gasteiger partial charge in [-0.1, -0.05) is 41.6 Å². The van der Waals surface area contributed by atoms with Gasteiger partial charge in [0.25, 0.3) is 0 Å². The monoisotopic (exact) mass is 392 g/mol. The van der Waals surface area contributed by atoms with Crippen molar-refractivity contribution < 1.29 is 23.8 Å². The quantitative estimate of drug-likeness (QED) is 0.346. The molecule has 0 unspecified atom stereocenters. The van der Waals surface area contributed by atoms with Crippen LogP contribution < -0.4 is 14.2 Å². The van der Waals surface area contributed by atoms with Gasteiger partial charge in [0.1, 0.15) is 5.71 Å². The van der Waals surface area contributed by atoms with E-state index in [2.05, 4.69) is 10.1 Å². The first-order chi connectivity index (χ1) is 14.2. The number of benzene rings is 2. The van der Waals surface area contributed by atoms with Crippen LogP contribution in [0.5, 0.6) is 17.2 Å². The van der Waals surface area contributed by atoms with E-state index in [1.807, 2.05) is 36.4 Å². The number of rotatable bonds is 7. The summed E-state index contributed by atoms with van der Waals surface area (Å²) in [6.07, 6.45) is 1.65. The zero-order valence-corrected chi connectivity index (χ0v) is 16.3. The largest absolute Gasteiger partial charge is 0.493 e. The van der Waals surface area contributed by atoms with Crippen molar-refractivity contribution in [2.75, 3.05) is 21.3 Å². The summed E-state index contributed by atoms with van der Waals surface area (Å²) in [5.41, 5.74) is 1.99. The van der Waals surface area contributed by atoms with Gasteiger partial charge in [-0.25, -0.2) is 4.79 Å². The number of methoxy groups -OCH3 is 3. The molecule has 3 aromatic rings. The fourth-order valence-electron chi connectivity index (χ4n) is 2.68. The molecule has 148 valence electrons. The summed E-state index contributed by atoms with van der Waals surface area (Å²) in [7, 11) is 4.43. The third kappa shape index (κ3) is 4.52. The SMILES string of the molecule is COc1cc(C(=O)O/N=C(\c2ccccc2)c2ccccn2)cc(OC)c1OC. The van der Waals surface area contributed by atoms with E-state index in [9.17, 15) is 4.79 Å². The van der Waals surface area contributed by atoms with Gasteiger partial charge in [-0.05, 0) is 24.3 Å². The minimum atomic E-state index is -0.673. The van der Waals surface area contributed by atoms with E-state index in [0.29, 0.717) is 28.7 Å². The van der Waals surface area contributed by atoms with Crippen LogP contribution in [0.3, 0.4) is 0 Å². The maximum atomic E-state index is 12.6. The van der Waals surface area contributed by atoms with Crippen molar-refractivity contribution in [1.29, 1.82) is 0 Å². The number of carbonyl (C=O) groups is 1. The molecule has 3 rings (SSSR count). The topological polar surface area (TPSA) is 79.2 Å². The Morgan fingerprint density at radius 1 is 0.828 bits per heavy atom. The van der Waals surface area contributed by atoms with Crippen molar-refractivity contribution >= 4 is 11.7 Å². The molecule has 0 saturated carbocycles. The number of carbonyl (C=O) groups excluding carboxylic acids is 1. The molecule has 0 fully saturated rings. The van der Waals surface area contributed by atoms with Gasteiger partial charge >= 0.3 is 5.97 Å².